The third-order valence-corrected chi connectivity index (χ3v) is 5.94. The van der Waals surface area contributed by atoms with Crippen LogP contribution in [0, 0.1) is 5.82 Å². The molecule has 1 unspecified atom stereocenters. The van der Waals surface area contributed by atoms with Crippen LogP contribution in [0.25, 0.3) is 0 Å². The van der Waals surface area contributed by atoms with Crippen molar-refractivity contribution in [3.63, 3.8) is 0 Å². The molecule has 1 atom stereocenters. The van der Waals surface area contributed by atoms with E-state index >= 15 is 0 Å². The highest BCUT2D eigenvalue weighted by atomic mass is 32.2. The number of hydrogen-bond donors (Lipinski definition) is 0. The minimum Gasteiger partial charge on any atom is -0.310 e. The third-order valence-electron chi connectivity index (χ3n) is 4.78. The van der Waals surface area contributed by atoms with E-state index < -0.39 is 21.9 Å². The van der Waals surface area contributed by atoms with Crippen molar-refractivity contribution >= 4 is 27.3 Å². The van der Waals surface area contributed by atoms with Crippen molar-refractivity contribution in [1.29, 1.82) is 0 Å². The van der Waals surface area contributed by atoms with Crippen LogP contribution in [-0.4, -0.2) is 33.2 Å². The number of anilines is 2. The lowest BCUT2D eigenvalue weighted by Crippen LogP contribution is -2.52. The molecule has 144 valence electrons. The summed E-state index contributed by atoms with van der Waals surface area (Å²) >= 11 is 0. The summed E-state index contributed by atoms with van der Waals surface area (Å²) in [6.45, 7) is 2.25. The van der Waals surface area contributed by atoms with Gasteiger partial charge in [-0.15, -0.1) is 0 Å². The van der Waals surface area contributed by atoms with Gasteiger partial charge in [0.05, 0.1) is 11.9 Å². The fourth-order valence-corrected chi connectivity index (χ4v) is 4.80. The standard InChI is InChI=1S/C20H23FN2O3S/c1-3-17(23(27(2,25)26)19-13-7-5-11-16(19)21)20(24)22-14-8-10-15-9-4-6-12-18(15)22/h4-7,9,11-13,17H,3,8,10,14H2,1-2H3. The van der Waals surface area contributed by atoms with Gasteiger partial charge in [-0.1, -0.05) is 37.3 Å². The van der Waals surface area contributed by atoms with Gasteiger partial charge in [0.25, 0.3) is 5.91 Å². The summed E-state index contributed by atoms with van der Waals surface area (Å²) < 4.78 is 40.3. The quantitative estimate of drug-likeness (QED) is 0.787. The molecule has 3 rings (SSSR count). The van der Waals surface area contributed by atoms with Crippen LogP contribution in [0.1, 0.15) is 25.3 Å². The lowest BCUT2D eigenvalue weighted by molar-refractivity contribution is -0.119. The van der Waals surface area contributed by atoms with Gasteiger partial charge in [-0.3, -0.25) is 9.10 Å². The molecule has 0 spiro atoms. The first kappa shape index (κ1) is 19.4. The van der Waals surface area contributed by atoms with Crippen molar-refractivity contribution in [1.82, 2.24) is 0 Å². The van der Waals surface area contributed by atoms with Gasteiger partial charge in [0.2, 0.25) is 10.0 Å². The third kappa shape index (κ3) is 3.83. The maximum Gasteiger partial charge on any atom is 0.250 e. The van der Waals surface area contributed by atoms with E-state index in [-0.39, 0.29) is 18.0 Å². The average molecular weight is 390 g/mol. The first-order valence-corrected chi connectivity index (χ1v) is 10.8. The van der Waals surface area contributed by atoms with Gasteiger partial charge >= 0.3 is 0 Å². The topological polar surface area (TPSA) is 57.7 Å². The molecule has 0 saturated heterocycles. The fraction of sp³-hybridized carbons (Fsp3) is 0.350. The van der Waals surface area contributed by atoms with E-state index in [1.807, 2.05) is 24.3 Å². The Morgan fingerprint density at radius 1 is 1.19 bits per heavy atom. The molecule has 0 N–H and O–H groups in total. The second-order valence-corrected chi connectivity index (χ2v) is 8.52. The van der Waals surface area contributed by atoms with Crippen LogP contribution in [0.5, 0.6) is 0 Å². The number of amides is 1. The van der Waals surface area contributed by atoms with Crippen molar-refractivity contribution in [2.24, 2.45) is 0 Å². The number of rotatable bonds is 5. The Labute approximate surface area is 159 Å². The summed E-state index contributed by atoms with van der Waals surface area (Å²) in [7, 11) is -3.87. The highest BCUT2D eigenvalue weighted by Gasteiger charge is 2.37. The number of halogens is 1. The monoisotopic (exact) mass is 390 g/mol. The lowest BCUT2D eigenvalue weighted by Gasteiger charge is -2.36. The second kappa shape index (κ2) is 7.68. The number of fused-ring (bicyclic) bond motifs is 1. The number of carbonyl (C=O) groups is 1. The maximum absolute atomic E-state index is 14.4. The molecule has 1 amide bonds. The Morgan fingerprint density at radius 2 is 1.85 bits per heavy atom. The molecule has 5 nitrogen and oxygen atoms in total. The van der Waals surface area contributed by atoms with E-state index in [1.54, 1.807) is 17.9 Å². The van der Waals surface area contributed by atoms with Crippen LogP contribution in [0.4, 0.5) is 15.8 Å². The fourth-order valence-electron chi connectivity index (χ4n) is 3.59. The number of para-hydroxylation sites is 2. The smallest absolute Gasteiger partial charge is 0.250 e. The van der Waals surface area contributed by atoms with Crippen LogP contribution in [0.3, 0.4) is 0 Å². The number of nitrogens with zero attached hydrogens (tertiary/aromatic N) is 2. The molecule has 2 aromatic carbocycles. The van der Waals surface area contributed by atoms with Gasteiger partial charge in [-0.2, -0.15) is 0 Å². The summed E-state index contributed by atoms with van der Waals surface area (Å²) in [5.74, 6) is -1.01. The summed E-state index contributed by atoms with van der Waals surface area (Å²) in [5.41, 5.74) is 1.75. The molecule has 0 aliphatic carbocycles. The summed E-state index contributed by atoms with van der Waals surface area (Å²) in [4.78, 5) is 15.0. The van der Waals surface area contributed by atoms with E-state index in [4.69, 9.17) is 0 Å². The Bertz CT molecular complexity index is 946. The van der Waals surface area contributed by atoms with Crippen molar-refractivity contribution in [3.05, 3.63) is 59.9 Å². The maximum atomic E-state index is 14.4. The molecule has 1 aliphatic heterocycles. The molecule has 7 heteroatoms. The lowest BCUT2D eigenvalue weighted by atomic mass is 10.0. The molecule has 0 saturated carbocycles. The van der Waals surface area contributed by atoms with E-state index in [0.29, 0.717) is 6.54 Å². The Kier molecular flexibility index (Phi) is 5.51. The largest absolute Gasteiger partial charge is 0.310 e. The zero-order valence-electron chi connectivity index (χ0n) is 15.4. The molecule has 0 radical (unpaired) electrons. The first-order chi connectivity index (χ1) is 12.8. The van der Waals surface area contributed by atoms with E-state index in [0.717, 1.165) is 34.7 Å². The molecule has 0 fully saturated rings. The normalized spacial score (nSPS) is 15.1. The average Bonchev–Trinajstić information content (AvgIpc) is 2.65. The zero-order chi connectivity index (χ0) is 19.6. The van der Waals surface area contributed by atoms with E-state index in [1.165, 1.54) is 18.2 Å². The number of benzene rings is 2. The summed E-state index contributed by atoms with van der Waals surface area (Å²) in [6.07, 6.45) is 2.91. The minimum atomic E-state index is -3.87. The number of hydrogen-bond acceptors (Lipinski definition) is 3. The molecule has 1 aliphatic rings. The minimum absolute atomic E-state index is 0.106. The van der Waals surface area contributed by atoms with E-state index in [9.17, 15) is 17.6 Å². The highest BCUT2D eigenvalue weighted by Crippen LogP contribution is 2.31. The molecule has 2 aromatic rings. The second-order valence-electron chi connectivity index (χ2n) is 6.66. The van der Waals surface area contributed by atoms with Gasteiger partial charge in [0.15, 0.2) is 0 Å². The molecule has 27 heavy (non-hydrogen) atoms. The first-order valence-electron chi connectivity index (χ1n) is 8.97. The Morgan fingerprint density at radius 3 is 2.52 bits per heavy atom. The van der Waals surface area contributed by atoms with Crippen molar-refractivity contribution < 1.29 is 17.6 Å². The molecule has 0 bridgehead atoms. The SMILES string of the molecule is CCC(C(=O)N1CCCc2ccccc21)N(c1ccccc1F)S(C)(=O)=O. The van der Waals surface area contributed by atoms with Gasteiger partial charge < -0.3 is 4.90 Å². The Balaban J connectivity index is 2.05. The molecular weight excluding hydrogens is 367 g/mol. The van der Waals surface area contributed by atoms with E-state index in [2.05, 4.69) is 0 Å². The predicted molar refractivity (Wildman–Crippen MR) is 105 cm³/mol. The predicted octanol–water partition coefficient (Wildman–Crippen LogP) is 3.35. The molecule has 1 heterocycles. The van der Waals surface area contributed by atoms with Crippen LogP contribution >= 0.6 is 0 Å². The summed E-state index contributed by atoms with van der Waals surface area (Å²) in [6, 6.07) is 12.2. The van der Waals surface area contributed by atoms with Crippen molar-refractivity contribution in [2.45, 2.75) is 32.2 Å². The Hall–Kier alpha value is -2.41. The molecular formula is C20H23FN2O3S. The number of sulfonamides is 1. The van der Waals surface area contributed by atoms with Crippen molar-refractivity contribution in [3.8, 4) is 0 Å². The van der Waals surface area contributed by atoms with Crippen molar-refractivity contribution in [2.75, 3.05) is 22.0 Å². The van der Waals surface area contributed by atoms with Gasteiger partial charge in [0.1, 0.15) is 11.9 Å². The van der Waals surface area contributed by atoms with Crippen LogP contribution in [-0.2, 0) is 21.2 Å². The zero-order valence-corrected chi connectivity index (χ0v) is 16.2. The van der Waals surface area contributed by atoms with Gasteiger partial charge in [-0.05, 0) is 43.0 Å². The number of carbonyl (C=O) groups excluding carboxylic acids is 1. The van der Waals surface area contributed by atoms with Crippen LogP contribution < -0.4 is 9.21 Å². The summed E-state index contributed by atoms with van der Waals surface area (Å²) in [5, 5.41) is 0. The number of aryl methyl sites for hydroxylation is 1. The molecule has 0 aromatic heterocycles. The van der Waals surface area contributed by atoms with Gasteiger partial charge in [-0.25, -0.2) is 12.8 Å². The van der Waals surface area contributed by atoms with Crippen LogP contribution in [0.15, 0.2) is 48.5 Å². The van der Waals surface area contributed by atoms with Crippen LogP contribution in [0.2, 0.25) is 0 Å². The van der Waals surface area contributed by atoms with Gasteiger partial charge in [0, 0.05) is 12.2 Å². The highest BCUT2D eigenvalue weighted by molar-refractivity contribution is 7.92.